The smallest absolute Gasteiger partial charge is 0.341 e. The molecule has 0 bridgehead atoms. The summed E-state index contributed by atoms with van der Waals surface area (Å²) in [6, 6.07) is 5.87. The zero-order valence-corrected chi connectivity index (χ0v) is 13.6. The number of aliphatic hydroxyl groups is 1. The summed E-state index contributed by atoms with van der Waals surface area (Å²) >= 11 is 0. The molecule has 0 radical (unpaired) electrons. The van der Waals surface area contributed by atoms with E-state index in [9.17, 15) is 9.90 Å². The number of pyridine rings is 1. The first-order valence-corrected chi connectivity index (χ1v) is 8.06. The maximum absolute atomic E-state index is 12.2. The van der Waals surface area contributed by atoms with Crippen LogP contribution in [0.1, 0.15) is 42.1 Å². The minimum absolute atomic E-state index is 0.314. The van der Waals surface area contributed by atoms with E-state index in [2.05, 4.69) is 10.3 Å². The largest absolute Gasteiger partial charge is 0.462 e. The number of nitrogens with zero attached hydrogens (tertiary/aromatic N) is 1. The summed E-state index contributed by atoms with van der Waals surface area (Å²) in [4.78, 5) is 16.7. The lowest BCUT2D eigenvalue weighted by molar-refractivity contribution is -0.0202. The van der Waals surface area contributed by atoms with E-state index in [-0.39, 0.29) is 0 Å². The molecule has 3 rings (SSSR count). The van der Waals surface area contributed by atoms with Gasteiger partial charge >= 0.3 is 5.97 Å². The molecule has 0 saturated heterocycles. The van der Waals surface area contributed by atoms with Crippen LogP contribution in [0.15, 0.2) is 24.4 Å². The monoisotopic (exact) mass is 314 g/mol. The van der Waals surface area contributed by atoms with Gasteiger partial charge in [-0.2, -0.15) is 0 Å². The molecule has 2 aromatic rings. The molecule has 1 aromatic carbocycles. The number of hydrogen-bond donors (Lipinski definition) is 2. The van der Waals surface area contributed by atoms with E-state index in [4.69, 9.17) is 4.74 Å². The van der Waals surface area contributed by atoms with Crippen LogP contribution in [0.5, 0.6) is 0 Å². The Kier molecular flexibility index (Phi) is 4.22. The highest BCUT2D eigenvalue weighted by Gasteiger charge is 2.34. The van der Waals surface area contributed by atoms with Gasteiger partial charge in [-0.05, 0) is 38.7 Å². The van der Waals surface area contributed by atoms with Gasteiger partial charge < -0.3 is 15.2 Å². The lowest BCUT2D eigenvalue weighted by atomic mass is 9.80. The Morgan fingerprint density at radius 1 is 1.43 bits per heavy atom. The molecular formula is C18H22N2O3. The number of rotatable bonds is 5. The van der Waals surface area contributed by atoms with E-state index in [1.165, 1.54) is 0 Å². The van der Waals surface area contributed by atoms with Crippen LogP contribution >= 0.6 is 0 Å². The maximum Gasteiger partial charge on any atom is 0.341 e. The van der Waals surface area contributed by atoms with E-state index >= 15 is 0 Å². The Morgan fingerprint density at radius 3 is 2.87 bits per heavy atom. The van der Waals surface area contributed by atoms with Gasteiger partial charge in [0.1, 0.15) is 5.56 Å². The van der Waals surface area contributed by atoms with Crippen molar-refractivity contribution in [2.24, 2.45) is 0 Å². The third kappa shape index (κ3) is 3.01. The summed E-state index contributed by atoms with van der Waals surface area (Å²) in [7, 11) is 0. The molecule has 23 heavy (non-hydrogen) atoms. The predicted molar refractivity (Wildman–Crippen MR) is 89.7 cm³/mol. The summed E-state index contributed by atoms with van der Waals surface area (Å²) in [5.74, 6) is -0.397. The molecule has 1 saturated carbocycles. The Balaban J connectivity index is 2.03. The number of esters is 1. The van der Waals surface area contributed by atoms with E-state index in [0.29, 0.717) is 24.4 Å². The molecule has 1 aromatic heterocycles. The van der Waals surface area contributed by atoms with Gasteiger partial charge in [0.2, 0.25) is 0 Å². The molecule has 0 atom stereocenters. The van der Waals surface area contributed by atoms with Crippen molar-refractivity contribution in [1.82, 2.24) is 4.98 Å². The Morgan fingerprint density at radius 2 is 2.22 bits per heavy atom. The predicted octanol–water partition coefficient (Wildman–Crippen LogP) is 3.05. The van der Waals surface area contributed by atoms with Gasteiger partial charge in [-0.15, -0.1) is 0 Å². The van der Waals surface area contributed by atoms with Gasteiger partial charge in [-0.3, -0.25) is 4.98 Å². The van der Waals surface area contributed by atoms with Crippen molar-refractivity contribution in [2.45, 2.75) is 38.7 Å². The quantitative estimate of drug-likeness (QED) is 0.830. The summed E-state index contributed by atoms with van der Waals surface area (Å²) in [6.45, 7) is 4.50. The van der Waals surface area contributed by atoms with Crippen LogP contribution in [0.4, 0.5) is 5.69 Å². The average molecular weight is 314 g/mol. The Hall–Kier alpha value is -2.14. The van der Waals surface area contributed by atoms with Crippen molar-refractivity contribution < 1.29 is 14.6 Å². The van der Waals surface area contributed by atoms with Crippen LogP contribution in [0.25, 0.3) is 10.9 Å². The highest BCUT2D eigenvalue weighted by Crippen LogP contribution is 2.34. The number of hydrogen-bond acceptors (Lipinski definition) is 5. The average Bonchev–Trinajstić information content (AvgIpc) is 2.51. The summed E-state index contributed by atoms with van der Waals surface area (Å²) in [6.07, 6.45) is 4.17. The Bertz CT molecular complexity index is 738. The molecular weight excluding hydrogens is 292 g/mol. The number of benzene rings is 1. The molecule has 5 heteroatoms. The topological polar surface area (TPSA) is 71.5 Å². The van der Waals surface area contributed by atoms with Crippen LogP contribution in [-0.4, -0.2) is 34.8 Å². The summed E-state index contributed by atoms with van der Waals surface area (Å²) in [5.41, 5.74) is 2.32. The number of nitrogens with one attached hydrogen (secondary N) is 1. The number of ether oxygens (including phenoxy) is 1. The summed E-state index contributed by atoms with van der Waals surface area (Å²) in [5, 5.41) is 14.5. The van der Waals surface area contributed by atoms with Crippen molar-refractivity contribution in [3.05, 3.63) is 35.5 Å². The second-order valence-corrected chi connectivity index (χ2v) is 6.17. The molecule has 1 aliphatic carbocycles. The third-order valence-electron chi connectivity index (χ3n) is 4.47. The minimum atomic E-state index is -0.675. The van der Waals surface area contributed by atoms with Crippen LogP contribution in [0.2, 0.25) is 0 Å². The number of fused-ring (bicyclic) bond motifs is 1. The number of carbonyl (C=O) groups excluding carboxylic acids is 1. The first-order chi connectivity index (χ1) is 11.0. The normalized spacial score (nSPS) is 16.0. The second-order valence-electron chi connectivity index (χ2n) is 6.17. The van der Waals surface area contributed by atoms with E-state index < -0.39 is 11.6 Å². The zero-order chi connectivity index (χ0) is 16.4. The standard InChI is InChI=1S/C18H22N2O3/c1-3-23-17(21)14-10-19-15-12(2)6-4-7-13(15)16(14)20-11-18(22)8-5-9-18/h4,6-7,10,22H,3,5,8-9,11H2,1-2H3,(H,19,20). The first kappa shape index (κ1) is 15.7. The molecule has 1 fully saturated rings. The van der Waals surface area contributed by atoms with Crippen molar-refractivity contribution >= 4 is 22.6 Å². The SMILES string of the molecule is CCOC(=O)c1cnc2c(C)cccc2c1NCC1(O)CCC1. The zero-order valence-electron chi connectivity index (χ0n) is 13.6. The van der Waals surface area contributed by atoms with Gasteiger partial charge in [0, 0.05) is 18.1 Å². The summed E-state index contributed by atoms with van der Waals surface area (Å²) < 4.78 is 5.14. The molecule has 0 aliphatic heterocycles. The van der Waals surface area contributed by atoms with Crippen LogP contribution < -0.4 is 5.32 Å². The van der Waals surface area contributed by atoms with E-state index in [1.54, 1.807) is 13.1 Å². The molecule has 122 valence electrons. The van der Waals surface area contributed by atoms with E-state index in [0.717, 1.165) is 35.7 Å². The third-order valence-corrected chi connectivity index (χ3v) is 4.47. The van der Waals surface area contributed by atoms with Crippen LogP contribution in [0, 0.1) is 6.92 Å². The molecule has 2 N–H and O–H groups in total. The molecule has 5 nitrogen and oxygen atoms in total. The minimum Gasteiger partial charge on any atom is -0.462 e. The van der Waals surface area contributed by atoms with Crippen LogP contribution in [0.3, 0.4) is 0 Å². The van der Waals surface area contributed by atoms with Crippen molar-refractivity contribution in [1.29, 1.82) is 0 Å². The van der Waals surface area contributed by atoms with Gasteiger partial charge in [0.05, 0.1) is 23.4 Å². The number of para-hydroxylation sites is 1. The molecule has 1 aliphatic rings. The van der Waals surface area contributed by atoms with Crippen molar-refractivity contribution in [2.75, 3.05) is 18.5 Å². The molecule has 0 spiro atoms. The van der Waals surface area contributed by atoms with Crippen LogP contribution in [-0.2, 0) is 4.74 Å². The molecule has 0 amide bonds. The number of aromatic nitrogens is 1. The van der Waals surface area contributed by atoms with E-state index in [1.807, 2.05) is 25.1 Å². The highest BCUT2D eigenvalue weighted by molar-refractivity contribution is 6.05. The molecule has 0 unspecified atom stereocenters. The fourth-order valence-electron chi connectivity index (χ4n) is 2.94. The first-order valence-electron chi connectivity index (χ1n) is 8.06. The van der Waals surface area contributed by atoms with Gasteiger partial charge in [0.15, 0.2) is 0 Å². The maximum atomic E-state index is 12.2. The van der Waals surface area contributed by atoms with Crippen molar-refractivity contribution in [3.8, 4) is 0 Å². The Labute approximate surface area is 135 Å². The van der Waals surface area contributed by atoms with Gasteiger partial charge in [0.25, 0.3) is 0 Å². The van der Waals surface area contributed by atoms with Crippen molar-refractivity contribution in [3.63, 3.8) is 0 Å². The fourth-order valence-corrected chi connectivity index (χ4v) is 2.94. The fraction of sp³-hybridized carbons (Fsp3) is 0.444. The van der Waals surface area contributed by atoms with Gasteiger partial charge in [-0.1, -0.05) is 18.2 Å². The van der Waals surface area contributed by atoms with Gasteiger partial charge in [-0.25, -0.2) is 4.79 Å². The highest BCUT2D eigenvalue weighted by atomic mass is 16.5. The molecule has 1 heterocycles. The number of carbonyl (C=O) groups is 1. The number of aryl methyl sites for hydroxylation is 1. The lowest BCUT2D eigenvalue weighted by Crippen LogP contribution is -2.43. The number of anilines is 1. The lowest BCUT2D eigenvalue weighted by Gasteiger charge is -2.37. The second kappa shape index (κ2) is 6.16.